The lowest BCUT2D eigenvalue weighted by molar-refractivity contribution is 0.597. The van der Waals surface area contributed by atoms with Crippen LogP contribution in [0.5, 0.6) is 0 Å². The summed E-state index contributed by atoms with van der Waals surface area (Å²) < 4.78 is 0. The molecule has 0 fully saturated rings. The molecule has 0 amide bonds. The van der Waals surface area contributed by atoms with Gasteiger partial charge in [0.05, 0.1) is 11.2 Å². The molecule has 0 saturated heterocycles. The molecule has 3 heteroatoms. The molecule has 0 bridgehead atoms. The SMILES string of the molecule is CCCCCCNCCc1cscn1. The molecule has 0 atom stereocenters. The van der Waals surface area contributed by atoms with Crippen molar-refractivity contribution < 1.29 is 0 Å². The molecule has 0 saturated carbocycles. The number of nitrogens with one attached hydrogen (secondary N) is 1. The molecule has 0 aliphatic rings. The standard InChI is InChI=1S/C11H20N2S/c1-2-3-4-5-7-12-8-6-11-9-14-10-13-11/h9-10,12H,2-8H2,1H3. The smallest absolute Gasteiger partial charge is 0.0794 e. The van der Waals surface area contributed by atoms with E-state index in [-0.39, 0.29) is 0 Å². The Morgan fingerprint density at radius 1 is 1.29 bits per heavy atom. The highest BCUT2D eigenvalue weighted by molar-refractivity contribution is 7.07. The molecule has 0 spiro atoms. The Bertz CT molecular complexity index is 209. The molecule has 1 heterocycles. The first kappa shape index (κ1) is 11.7. The summed E-state index contributed by atoms with van der Waals surface area (Å²) in [6.07, 6.45) is 6.43. The molecule has 0 unspecified atom stereocenters. The van der Waals surface area contributed by atoms with Crippen molar-refractivity contribution in [3.05, 3.63) is 16.6 Å². The van der Waals surface area contributed by atoms with E-state index in [0.29, 0.717) is 0 Å². The monoisotopic (exact) mass is 212 g/mol. The lowest BCUT2D eigenvalue weighted by Gasteiger charge is -2.02. The van der Waals surface area contributed by atoms with E-state index in [1.807, 2.05) is 5.51 Å². The molecule has 1 rings (SSSR count). The van der Waals surface area contributed by atoms with E-state index in [2.05, 4.69) is 22.6 Å². The number of hydrogen-bond acceptors (Lipinski definition) is 3. The Morgan fingerprint density at radius 2 is 2.21 bits per heavy atom. The molecule has 0 radical (unpaired) electrons. The fourth-order valence-corrected chi connectivity index (χ4v) is 1.97. The molecule has 1 N–H and O–H groups in total. The van der Waals surface area contributed by atoms with E-state index in [1.54, 1.807) is 11.3 Å². The van der Waals surface area contributed by atoms with Gasteiger partial charge in [-0.05, 0) is 13.0 Å². The molecule has 14 heavy (non-hydrogen) atoms. The van der Waals surface area contributed by atoms with Crippen LogP contribution in [-0.2, 0) is 6.42 Å². The second kappa shape index (κ2) is 7.94. The van der Waals surface area contributed by atoms with Crippen molar-refractivity contribution >= 4 is 11.3 Å². The van der Waals surface area contributed by atoms with Gasteiger partial charge in [-0.25, -0.2) is 4.98 Å². The normalized spacial score (nSPS) is 10.6. The van der Waals surface area contributed by atoms with Crippen LogP contribution in [-0.4, -0.2) is 18.1 Å². The summed E-state index contributed by atoms with van der Waals surface area (Å²) >= 11 is 1.68. The van der Waals surface area contributed by atoms with E-state index in [0.717, 1.165) is 19.5 Å². The van der Waals surface area contributed by atoms with Crippen molar-refractivity contribution in [2.45, 2.75) is 39.0 Å². The first-order valence-corrected chi connectivity index (χ1v) is 6.45. The van der Waals surface area contributed by atoms with Gasteiger partial charge in [0.25, 0.3) is 0 Å². The molecular formula is C11H20N2S. The average molecular weight is 212 g/mol. The lowest BCUT2D eigenvalue weighted by Crippen LogP contribution is -2.18. The predicted molar refractivity (Wildman–Crippen MR) is 62.8 cm³/mol. The Hall–Kier alpha value is -0.410. The second-order valence-corrected chi connectivity index (χ2v) is 4.26. The number of hydrogen-bond donors (Lipinski definition) is 1. The third kappa shape index (κ3) is 5.35. The minimum absolute atomic E-state index is 1.07. The van der Waals surface area contributed by atoms with Gasteiger partial charge < -0.3 is 5.32 Å². The van der Waals surface area contributed by atoms with Gasteiger partial charge in [0.1, 0.15) is 0 Å². The highest BCUT2D eigenvalue weighted by atomic mass is 32.1. The molecule has 1 aromatic rings. The first-order valence-electron chi connectivity index (χ1n) is 5.51. The van der Waals surface area contributed by atoms with Crippen LogP contribution in [0.2, 0.25) is 0 Å². The fraction of sp³-hybridized carbons (Fsp3) is 0.727. The van der Waals surface area contributed by atoms with Gasteiger partial charge in [-0.3, -0.25) is 0 Å². The van der Waals surface area contributed by atoms with Crippen LogP contribution in [0.4, 0.5) is 0 Å². The van der Waals surface area contributed by atoms with E-state index in [9.17, 15) is 0 Å². The minimum atomic E-state index is 1.07. The van der Waals surface area contributed by atoms with Gasteiger partial charge in [-0.2, -0.15) is 0 Å². The first-order chi connectivity index (χ1) is 6.93. The van der Waals surface area contributed by atoms with Gasteiger partial charge in [-0.15, -0.1) is 11.3 Å². The Balaban J connectivity index is 1.85. The zero-order valence-electron chi connectivity index (χ0n) is 8.96. The van der Waals surface area contributed by atoms with Crippen LogP contribution >= 0.6 is 11.3 Å². The van der Waals surface area contributed by atoms with E-state index in [4.69, 9.17) is 0 Å². The molecule has 1 aromatic heterocycles. The number of thiazole rings is 1. The number of unbranched alkanes of at least 4 members (excludes halogenated alkanes) is 3. The summed E-state index contributed by atoms with van der Waals surface area (Å²) in [5, 5.41) is 5.57. The maximum atomic E-state index is 4.24. The maximum Gasteiger partial charge on any atom is 0.0794 e. The van der Waals surface area contributed by atoms with Crippen LogP contribution in [0.15, 0.2) is 10.9 Å². The van der Waals surface area contributed by atoms with E-state index < -0.39 is 0 Å². The molecule has 0 aromatic carbocycles. The van der Waals surface area contributed by atoms with Crippen LogP contribution < -0.4 is 5.32 Å². The predicted octanol–water partition coefficient (Wildman–Crippen LogP) is 2.86. The summed E-state index contributed by atoms with van der Waals surface area (Å²) in [6, 6.07) is 0. The fourth-order valence-electron chi connectivity index (χ4n) is 1.38. The summed E-state index contributed by atoms with van der Waals surface area (Å²) in [4.78, 5) is 4.24. The third-order valence-corrected chi connectivity index (χ3v) is 2.88. The van der Waals surface area contributed by atoms with Gasteiger partial charge in [-0.1, -0.05) is 26.2 Å². The summed E-state index contributed by atoms with van der Waals surface area (Å²) in [7, 11) is 0. The van der Waals surface area contributed by atoms with Crippen molar-refractivity contribution in [3.63, 3.8) is 0 Å². The molecule has 80 valence electrons. The Morgan fingerprint density at radius 3 is 2.93 bits per heavy atom. The summed E-state index contributed by atoms with van der Waals surface area (Å²) in [5.74, 6) is 0. The van der Waals surface area contributed by atoms with Crippen molar-refractivity contribution in [1.82, 2.24) is 10.3 Å². The van der Waals surface area contributed by atoms with Crippen LogP contribution in [0.3, 0.4) is 0 Å². The van der Waals surface area contributed by atoms with Gasteiger partial charge in [0.2, 0.25) is 0 Å². The number of rotatable bonds is 8. The minimum Gasteiger partial charge on any atom is -0.316 e. The zero-order chi connectivity index (χ0) is 10.1. The van der Waals surface area contributed by atoms with E-state index in [1.165, 1.54) is 31.4 Å². The average Bonchev–Trinajstić information content (AvgIpc) is 2.69. The number of nitrogens with zero attached hydrogens (tertiary/aromatic N) is 1. The topological polar surface area (TPSA) is 24.9 Å². The Labute approximate surface area is 90.8 Å². The van der Waals surface area contributed by atoms with Crippen LogP contribution in [0.1, 0.15) is 38.3 Å². The molecular weight excluding hydrogens is 192 g/mol. The molecule has 0 aliphatic heterocycles. The van der Waals surface area contributed by atoms with E-state index >= 15 is 0 Å². The highest BCUT2D eigenvalue weighted by Crippen LogP contribution is 2.01. The van der Waals surface area contributed by atoms with Crippen LogP contribution in [0, 0.1) is 0 Å². The largest absolute Gasteiger partial charge is 0.316 e. The quantitative estimate of drug-likeness (QED) is 0.670. The Kier molecular flexibility index (Phi) is 6.62. The maximum absolute atomic E-state index is 4.24. The van der Waals surface area contributed by atoms with Crippen LogP contribution in [0.25, 0.3) is 0 Å². The summed E-state index contributed by atoms with van der Waals surface area (Å²) in [6.45, 7) is 4.47. The molecule has 2 nitrogen and oxygen atoms in total. The van der Waals surface area contributed by atoms with Crippen molar-refractivity contribution in [2.24, 2.45) is 0 Å². The highest BCUT2D eigenvalue weighted by Gasteiger charge is 1.93. The van der Waals surface area contributed by atoms with Gasteiger partial charge in [0, 0.05) is 18.3 Å². The third-order valence-electron chi connectivity index (χ3n) is 2.25. The number of aromatic nitrogens is 1. The second-order valence-electron chi connectivity index (χ2n) is 3.54. The van der Waals surface area contributed by atoms with Crippen molar-refractivity contribution in [2.75, 3.05) is 13.1 Å². The van der Waals surface area contributed by atoms with Gasteiger partial charge in [0.15, 0.2) is 0 Å². The van der Waals surface area contributed by atoms with Crippen molar-refractivity contribution in [3.8, 4) is 0 Å². The zero-order valence-corrected chi connectivity index (χ0v) is 9.78. The van der Waals surface area contributed by atoms with Gasteiger partial charge >= 0.3 is 0 Å². The lowest BCUT2D eigenvalue weighted by atomic mass is 10.2. The molecule has 0 aliphatic carbocycles. The summed E-state index contributed by atoms with van der Waals surface area (Å²) in [5.41, 5.74) is 3.12. The van der Waals surface area contributed by atoms with Crippen molar-refractivity contribution in [1.29, 1.82) is 0 Å².